The molecule has 4 saturated carbocycles. The number of nitrogens with two attached hydrogens (primary N) is 1. The molecule has 50 heavy (non-hydrogen) atoms. The Morgan fingerprint density at radius 1 is 1.00 bits per heavy atom. The lowest BCUT2D eigenvalue weighted by Crippen LogP contribution is -2.91. The minimum atomic E-state index is -1.30. The van der Waals surface area contributed by atoms with E-state index in [-0.39, 0.29) is 24.7 Å². The van der Waals surface area contributed by atoms with E-state index in [4.69, 9.17) is 38.9 Å². The molecule has 2 bridgehead atoms. The van der Waals surface area contributed by atoms with E-state index in [1.165, 1.54) is 12.8 Å². The largest absolute Gasteiger partial charge is 0.482 e. The predicted molar refractivity (Wildman–Crippen MR) is 189 cm³/mol. The molecule has 1 aromatic rings. The average molecular weight is 703 g/mol. The molecule has 1 saturated heterocycles. The third-order valence-electron chi connectivity index (χ3n) is 13.7. The summed E-state index contributed by atoms with van der Waals surface area (Å²) in [5, 5.41) is 12.6. The summed E-state index contributed by atoms with van der Waals surface area (Å²) in [6.07, 6.45) is 5.14. The molecule has 2 heterocycles. The Labute approximate surface area is 298 Å². The van der Waals surface area contributed by atoms with Crippen LogP contribution in [-0.4, -0.2) is 118 Å². The molecule has 7 rings (SSSR count). The summed E-state index contributed by atoms with van der Waals surface area (Å²) < 4.78 is 41.4. The van der Waals surface area contributed by atoms with E-state index in [0.29, 0.717) is 57.4 Å². The minimum Gasteiger partial charge on any atom is -0.482 e. The summed E-state index contributed by atoms with van der Waals surface area (Å²) in [6, 6.07) is 4.07. The van der Waals surface area contributed by atoms with Crippen LogP contribution in [0.1, 0.15) is 84.3 Å². The maximum atomic E-state index is 13.2. The zero-order valence-electron chi connectivity index (χ0n) is 31.7. The first kappa shape index (κ1) is 37.9. The molecule has 0 aromatic heterocycles. The molecule has 0 amide bonds. The van der Waals surface area contributed by atoms with Gasteiger partial charge in [0.05, 0.1) is 50.8 Å². The fourth-order valence-corrected chi connectivity index (χ4v) is 10.4. The Morgan fingerprint density at radius 3 is 2.28 bits per heavy atom. The third kappa shape index (κ3) is 5.73. The Hall–Kier alpha value is -1.83. The van der Waals surface area contributed by atoms with Crippen molar-refractivity contribution in [3.63, 3.8) is 0 Å². The second-order valence-corrected chi connectivity index (χ2v) is 16.9. The van der Waals surface area contributed by atoms with Crippen molar-refractivity contribution in [3.05, 3.63) is 23.3 Å². The van der Waals surface area contributed by atoms with Gasteiger partial charge in [-0.1, -0.05) is 26.8 Å². The highest BCUT2D eigenvalue weighted by Crippen LogP contribution is 2.76. The van der Waals surface area contributed by atoms with Crippen LogP contribution in [0.25, 0.3) is 0 Å². The highest BCUT2D eigenvalue weighted by atomic mass is 16.6. The van der Waals surface area contributed by atoms with Gasteiger partial charge in [0.15, 0.2) is 11.5 Å². The van der Waals surface area contributed by atoms with Crippen LogP contribution in [0, 0.1) is 23.7 Å². The van der Waals surface area contributed by atoms with Gasteiger partial charge >= 0.3 is 5.97 Å². The molecule has 4 aliphatic carbocycles. The topological polar surface area (TPSA) is 131 Å². The van der Waals surface area contributed by atoms with Crippen molar-refractivity contribution in [1.29, 1.82) is 0 Å². The van der Waals surface area contributed by atoms with Gasteiger partial charge < -0.3 is 44.0 Å². The molecule has 2 spiro atoms. The fourth-order valence-electron chi connectivity index (χ4n) is 10.4. The third-order valence-corrected chi connectivity index (χ3v) is 13.7. The fraction of sp³-hybridized carbons (Fsp3) is 0.821. The molecule has 282 valence electrons. The van der Waals surface area contributed by atoms with Crippen LogP contribution in [0.4, 0.5) is 0 Å². The number of hydrogen-bond acceptors (Lipinski definition) is 11. The Morgan fingerprint density at radius 2 is 1.66 bits per heavy atom. The number of carbonyl (C=O) groups is 1. The molecule has 4 unspecified atom stereocenters. The van der Waals surface area contributed by atoms with E-state index in [9.17, 15) is 9.90 Å². The van der Waals surface area contributed by atoms with Gasteiger partial charge in [0.1, 0.15) is 18.3 Å². The number of aliphatic hydroxyl groups is 1. The van der Waals surface area contributed by atoms with Gasteiger partial charge in [0.2, 0.25) is 0 Å². The second kappa shape index (κ2) is 13.9. The smallest absolute Gasteiger partial charge is 0.337 e. The molecule has 5 fully saturated rings. The number of hydrogen-bond donors (Lipinski definition) is 2. The molecule has 11 nitrogen and oxygen atoms in total. The van der Waals surface area contributed by atoms with Gasteiger partial charge in [-0.2, -0.15) is 0 Å². The van der Waals surface area contributed by atoms with Crippen molar-refractivity contribution in [3.8, 4) is 11.5 Å². The first-order chi connectivity index (χ1) is 23.7. The van der Waals surface area contributed by atoms with Crippen LogP contribution < -0.4 is 15.2 Å². The number of nitrogens with zero attached hydrogens (tertiary/aromatic N) is 1. The van der Waals surface area contributed by atoms with E-state index < -0.39 is 39.6 Å². The number of carbonyl (C=O) groups excluding carboxylic acids is 1. The Kier molecular flexibility index (Phi) is 10.5. The molecule has 11 heteroatoms. The Balaban J connectivity index is 1.29. The van der Waals surface area contributed by atoms with Gasteiger partial charge in [-0.15, -0.1) is 0 Å². The number of fused-ring (bicyclic) bond motifs is 3. The number of esters is 1. The number of piperidine rings is 1. The van der Waals surface area contributed by atoms with E-state index in [1.807, 2.05) is 19.1 Å². The van der Waals surface area contributed by atoms with Crippen LogP contribution in [0.3, 0.4) is 0 Å². The number of methoxy groups -OCH3 is 2. The van der Waals surface area contributed by atoms with Gasteiger partial charge in [-0.3, -0.25) is 4.90 Å². The molecular weight excluding hydrogens is 640 g/mol. The highest BCUT2D eigenvalue weighted by Gasteiger charge is 2.84. The van der Waals surface area contributed by atoms with Crippen LogP contribution in [0.15, 0.2) is 12.1 Å². The van der Waals surface area contributed by atoms with Gasteiger partial charge in [-0.25, -0.2) is 4.79 Å². The van der Waals surface area contributed by atoms with Crippen molar-refractivity contribution in [1.82, 2.24) is 4.90 Å². The molecule has 7 atom stereocenters. The summed E-state index contributed by atoms with van der Waals surface area (Å²) in [5.74, 6) is 1.21. The van der Waals surface area contributed by atoms with Crippen LogP contribution in [0.2, 0.25) is 0 Å². The summed E-state index contributed by atoms with van der Waals surface area (Å²) in [7, 11) is 3.36. The predicted octanol–water partition coefficient (Wildman–Crippen LogP) is 4.16. The average Bonchev–Trinajstić information content (AvgIpc) is 3.81. The lowest BCUT2D eigenvalue weighted by molar-refractivity contribution is -0.318. The zero-order valence-corrected chi connectivity index (χ0v) is 31.7. The van der Waals surface area contributed by atoms with E-state index in [1.54, 1.807) is 14.2 Å². The lowest BCUT2D eigenvalue weighted by Gasteiger charge is -2.77. The quantitative estimate of drug-likeness (QED) is 0.146. The summed E-state index contributed by atoms with van der Waals surface area (Å²) in [4.78, 5) is 15.9. The number of aryl methyl sites for hydroxylation is 1. The molecule has 0 radical (unpaired) electrons. The van der Waals surface area contributed by atoms with Crippen molar-refractivity contribution in [2.75, 3.05) is 73.6 Å². The lowest BCUT2D eigenvalue weighted by atomic mass is 9.33. The minimum absolute atomic E-state index is 0.195. The Bertz CT molecular complexity index is 1390. The van der Waals surface area contributed by atoms with Crippen LogP contribution in [-0.2, 0) is 33.9 Å². The van der Waals surface area contributed by atoms with Crippen molar-refractivity contribution < 1.29 is 43.1 Å². The van der Waals surface area contributed by atoms with Crippen molar-refractivity contribution >= 4 is 5.97 Å². The maximum absolute atomic E-state index is 13.2. The van der Waals surface area contributed by atoms with E-state index >= 15 is 0 Å². The molecule has 1 aromatic carbocycles. The molecule has 6 aliphatic rings. The summed E-state index contributed by atoms with van der Waals surface area (Å²) in [6.45, 7) is 16.9. The number of rotatable bonds is 16. The maximum Gasteiger partial charge on any atom is 0.337 e. The number of ether oxygens (including phenoxy) is 7. The van der Waals surface area contributed by atoms with Crippen LogP contribution in [0.5, 0.6) is 11.5 Å². The van der Waals surface area contributed by atoms with Crippen molar-refractivity contribution in [2.24, 2.45) is 22.5 Å². The standard InChI is InChI=1S/C39H62N2O9/c1-26-9-12-29(49-30(42)24-48-22-21-47-20-19-46-18-17-44-7)32-31(26)37-15-16-41(23-28-10-11-28)27(2)36(37)13-14-38(45-8,33(37)50-32)39(40,25-36)35(6,43)34(3,4)5/h9,12,27-28,33,43H,10-11,13-25,40H2,1-8H3/t27?,33-,35?,36-,37?,38+,39?/m1/s1. The van der Waals surface area contributed by atoms with E-state index in [0.717, 1.165) is 43.0 Å². The summed E-state index contributed by atoms with van der Waals surface area (Å²) in [5.41, 5.74) is 5.24. The van der Waals surface area contributed by atoms with Gasteiger partial charge in [-0.05, 0) is 88.8 Å². The van der Waals surface area contributed by atoms with Crippen LogP contribution >= 0.6 is 0 Å². The molecule has 2 aliphatic heterocycles. The van der Waals surface area contributed by atoms with Crippen molar-refractivity contribution in [2.45, 2.75) is 114 Å². The second-order valence-electron chi connectivity index (χ2n) is 16.9. The summed E-state index contributed by atoms with van der Waals surface area (Å²) >= 11 is 0. The zero-order chi connectivity index (χ0) is 36.2. The van der Waals surface area contributed by atoms with Gasteiger partial charge in [0.25, 0.3) is 0 Å². The first-order valence-corrected chi connectivity index (χ1v) is 18.7. The number of likely N-dealkylation sites (tertiary alicyclic amines) is 1. The highest BCUT2D eigenvalue weighted by molar-refractivity contribution is 5.75. The SMILES string of the molecule is COCCOCCOCCOCC(=O)Oc1ccc(C)c2c1O[C@@H]1C23CCN(CC2CC2)C(C)[C@]32CC[C@@]1(OC)C(N)(C(C)(O)C(C)(C)C)C2. The van der Waals surface area contributed by atoms with Gasteiger partial charge in [0, 0.05) is 43.2 Å². The molecular formula is C39H62N2O9. The normalized spacial score (nSPS) is 34.4. The first-order valence-electron chi connectivity index (χ1n) is 18.7. The van der Waals surface area contributed by atoms with E-state index in [2.05, 4.69) is 39.5 Å². The number of benzene rings is 1. The monoisotopic (exact) mass is 702 g/mol. The molecule has 3 N–H and O–H groups in total.